The number of furan rings is 1. The Kier molecular flexibility index (Phi) is 4.98. The Bertz CT molecular complexity index is 946. The molecule has 0 saturated carbocycles. The third-order valence-corrected chi connectivity index (χ3v) is 3.84. The number of esters is 2. The highest BCUT2D eigenvalue weighted by Crippen LogP contribution is 2.27. The Balaban J connectivity index is 1.95. The van der Waals surface area contributed by atoms with Crippen LogP contribution in [0.5, 0.6) is 11.5 Å². The van der Waals surface area contributed by atoms with E-state index in [9.17, 15) is 9.59 Å². The Morgan fingerprint density at radius 2 is 1.74 bits per heavy atom. The largest absolute Gasteiger partial charge is 0.497 e. The normalized spacial score (nSPS) is 14.7. The molecule has 8 nitrogen and oxygen atoms in total. The van der Waals surface area contributed by atoms with Gasteiger partial charge in [0, 0.05) is 17.7 Å². The zero-order valence-electron chi connectivity index (χ0n) is 15.2. The van der Waals surface area contributed by atoms with E-state index < -0.39 is 11.9 Å². The summed E-state index contributed by atoms with van der Waals surface area (Å²) in [6.07, 6.45) is 1.40. The van der Waals surface area contributed by atoms with Crippen molar-refractivity contribution in [1.29, 1.82) is 0 Å². The summed E-state index contributed by atoms with van der Waals surface area (Å²) in [6, 6.07) is 6.51. The first-order valence-electron chi connectivity index (χ1n) is 7.90. The molecule has 2 heterocycles. The number of hydrogen-bond acceptors (Lipinski definition) is 8. The van der Waals surface area contributed by atoms with Crippen LogP contribution < -0.4 is 9.47 Å². The van der Waals surface area contributed by atoms with Crippen LogP contribution in [0.25, 0.3) is 6.08 Å². The van der Waals surface area contributed by atoms with Gasteiger partial charge in [0.25, 0.3) is 0 Å². The molecular formula is C19H17NO7. The summed E-state index contributed by atoms with van der Waals surface area (Å²) in [6.45, 7) is 1.62. The lowest BCUT2D eigenvalue weighted by molar-refractivity contribution is -0.129. The number of nitrogens with zero attached hydrogens (tertiary/aromatic N) is 1. The van der Waals surface area contributed by atoms with Gasteiger partial charge in [-0.1, -0.05) is 0 Å². The molecule has 140 valence electrons. The fourth-order valence-electron chi connectivity index (χ4n) is 2.49. The van der Waals surface area contributed by atoms with Gasteiger partial charge in [0.1, 0.15) is 28.6 Å². The summed E-state index contributed by atoms with van der Waals surface area (Å²) in [4.78, 5) is 28.0. The van der Waals surface area contributed by atoms with E-state index in [2.05, 4.69) is 9.73 Å². The van der Waals surface area contributed by atoms with Crippen LogP contribution in [0.4, 0.5) is 0 Å². The van der Waals surface area contributed by atoms with Crippen molar-refractivity contribution in [3.63, 3.8) is 0 Å². The molecule has 0 aliphatic carbocycles. The summed E-state index contributed by atoms with van der Waals surface area (Å²) < 4.78 is 25.8. The van der Waals surface area contributed by atoms with Crippen LogP contribution in [0, 0.1) is 6.92 Å². The zero-order chi connectivity index (χ0) is 19.6. The molecule has 0 bridgehead atoms. The molecule has 3 rings (SSSR count). The minimum atomic E-state index is -0.638. The van der Waals surface area contributed by atoms with Crippen LogP contribution >= 0.6 is 0 Å². The smallest absolute Gasteiger partial charge is 0.363 e. The first-order chi connectivity index (χ1) is 12.9. The van der Waals surface area contributed by atoms with E-state index in [1.807, 2.05) is 0 Å². The van der Waals surface area contributed by atoms with E-state index in [-0.39, 0.29) is 22.9 Å². The quantitative estimate of drug-likeness (QED) is 0.589. The fourth-order valence-corrected chi connectivity index (χ4v) is 2.49. The number of ether oxygens (including phenoxy) is 4. The Morgan fingerprint density at radius 1 is 1.07 bits per heavy atom. The minimum absolute atomic E-state index is 0.0388. The van der Waals surface area contributed by atoms with Gasteiger partial charge in [-0.2, -0.15) is 0 Å². The molecule has 0 atom stereocenters. The average molecular weight is 371 g/mol. The molecule has 1 aliphatic rings. The molecule has 0 N–H and O–H groups in total. The zero-order valence-corrected chi connectivity index (χ0v) is 15.2. The topological polar surface area (TPSA) is 96.6 Å². The molecule has 0 unspecified atom stereocenters. The van der Waals surface area contributed by atoms with Crippen molar-refractivity contribution in [3.8, 4) is 11.5 Å². The lowest BCUT2D eigenvalue weighted by atomic mass is 10.2. The standard InChI is InChI=1S/C19H17NO7/c1-10-15(18(21)25-4)8-14(26-10)9-16-19(22)27-17(20-16)11-5-12(23-2)7-13(6-11)24-3/h5-9H,1-4H3/b16-9+. The third-order valence-electron chi connectivity index (χ3n) is 3.84. The predicted molar refractivity (Wildman–Crippen MR) is 94.9 cm³/mol. The van der Waals surface area contributed by atoms with E-state index in [1.54, 1.807) is 25.1 Å². The summed E-state index contributed by atoms with van der Waals surface area (Å²) in [5.74, 6) is 0.674. The van der Waals surface area contributed by atoms with Gasteiger partial charge in [-0.25, -0.2) is 14.6 Å². The van der Waals surface area contributed by atoms with Crippen LogP contribution in [0.15, 0.2) is 39.4 Å². The van der Waals surface area contributed by atoms with E-state index >= 15 is 0 Å². The number of hydrogen-bond donors (Lipinski definition) is 0. The van der Waals surface area contributed by atoms with E-state index in [0.717, 1.165) is 0 Å². The maximum absolute atomic E-state index is 12.2. The summed E-state index contributed by atoms with van der Waals surface area (Å²) >= 11 is 0. The predicted octanol–water partition coefficient (Wildman–Crippen LogP) is 2.74. The van der Waals surface area contributed by atoms with Crippen LogP contribution in [-0.2, 0) is 14.3 Å². The summed E-state index contributed by atoms with van der Waals surface area (Å²) in [5.41, 5.74) is 0.836. The molecule has 1 aromatic carbocycles. The molecule has 0 spiro atoms. The van der Waals surface area contributed by atoms with Gasteiger partial charge in [-0.15, -0.1) is 0 Å². The van der Waals surface area contributed by atoms with Crippen molar-refractivity contribution in [2.24, 2.45) is 4.99 Å². The highest BCUT2D eigenvalue weighted by molar-refractivity contribution is 6.13. The molecule has 8 heteroatoms. The van der Waals surface area contributed by atoms with Gasteiger partial charge < -0.3 is 23.4 Å². The number of methoxy groups -OCH3 is 3. The van der Waals surface area contributed by atoms with Gasteiger partial charge in [0.15, 0.2) is 5.70 Å². The molecule has 0 amide bonds. The molecule has 27 heavy (non-hydrogen) atoms. The maximum atomic E-state index is 12.2. The Hall–Kier alpha value is -3.55. The average Bonchev–Trinajstić information content (AvgIpc) is 3.23. The lowest BCUT2D eigenvalue weighted by Crippen LogP contribution is -2.06. The first-order valence-corrected chi connectivity index (χ1v) is 7.90. The molecule has 0 fully saturated rings. The summed E-state index contributed by atoms with van der Waals surface area (Å²) in [5, 5.41) is 0. The number of carbonyl (C=O) groups excluding carboxylic acids is 2. The number of carbonyl (C=O) groups is 2. The number of aliphatic imine (C=N–C) groups is 1. The maximum Gasteiger partial charge on any atom is 0.363 e. The van der Waals surface area contributed by atoms with Crippen LogP contribution in [-0.4, -0.2) is 39.2 Å². The van der Waals surface area contributed by atoms with Crippen molar-refractivity contribution < 1.29 is 33.0 Å². The van der Waals surface area contributed by atoms with Crippen LogP contribution in [0.2, 0.25) is 0 Å². The lowest BCUT2D eigenvalue weighted by Gasteiger charge is -2.07. The van der Waals surface area contributed by atoms with Crippen molar-refractivity contribution in [3.05, 3.63) is 52.6 Å². The second kappa shape index (κ2) is 7.36. The number of benzene rings is 1. The van der Waals surface area contributed by atoms with Crippen molar-refractivity contribution in [1.82, 2.24) is 0 Å². The monoisotopic (exact) mass is 371 g/mol. The molecule has 0 radical (unpaired) electrons. The Morgan fingerprint density at radius 3 is 2.33 bits per heavy atom. The van der Waals surface area contributed by atoms with Gasteiger partial charge in [0.2, 0.25) is 5.90 Å². The third kappa shape index (κ3) is 3.69. The van der Waals surface area contributed by atoms with E-state index in [0.29, 0.717) is 22.8 Å². The minimum Gasteiger partial charge on any atom is -0.497 e. The molecule has 1 aromatic heterocycles. The second-order valence-electron chi connectivity index (χ2n) is 5.55. The van der Waals surface area contributed by atoms with E-state index in [1.165, 1.54) is 33.5 Å². The molecular weight excluding hydrogens is 354 g/mol. The van der Waals surface area contributed by atoms with Gasteiger partial charge in [-0.3, -0.25) is 0 Å². The van der Waals surface area contributed by atoms with Crippen LogP contribution in [0.1, 0.15) is 27.4 Å². The van der Waals surface area contributed by atoms with Gasteiger partial charge in [-0.05, 0) is 25.1 Å². The van der Waals surface area contributed by atoms with Crippen LogP contribution in [0.3, 0.4) is 0 Å². The number of aryl methyl sites for hydroxylation is 1. The first kappa shape index (κ1) is 18.2. The number of cyclic esters (lactones) is 1. The highest BCUT2D eigenvalue weighted by atomic mass is 16.6. The van der Waals surface area contributed by atoms with Crippen molar-refractivity contribution >= 4 is 23.9 Å². The molecule has 0 saturated heterocycles. The van der Waals surface area contributed by atoms with Gasteiger partial charge in [0.05, 0.1) is 21.3 Å². The van der Waals surface area contributed by atoms with Gasteiger partial charge >= 0.3 is 11.9 Å². The summed E-state index contributed by atoms with van der Waals surface area (Å²) in [7, 11) is 4.31. The molecule has 1 aliphatic heterocycles. The van der Waals surface area contributed by atoms with Crippen molar-refractivity contribution in [2.45, 2.75) is 6.92 Å². The Labute approximate surface area is 155 Å². The molecule has 2 aromatic rings. The van der Waals surface area contributed by atoms with Crippen molar-refractivity contribution in [2.75, 3.05) is 21.3 Å². The van der Waals surface area contributed by atoms with E-state index in [4.69, 9.17) is 18.6 Å². The fraction of sp³-hybridized carbons (Fsp3) is 0.211. The number of rotatable bonds is 5. The SMILES string of the molecule is COC(=O)c1cc(/C=C2/N=C(c3cc(OC)cc(OC)c3)OC2=O)oc1C. The second-order valence-corrected chi connectivity index (χ2v) is 5.55. The highest BCUT2D eigenvalue weighted by Gasteiger charge is 2.26.